The maximum atomic E-state index is 5.90. The molecule has 0 saturated carbocycles. The number of hydrogen-bond donors (Lipinski definition) is 0. The average molecular weight is 440 g/mol. The van der Waals surface area contributed by atoms with Crippen LogP contribution in [0.2, 0.25) is 5.02 Å². The molecule has 0 bridgehead atoms. The van der Waals surface area contributed by atoms with Crippen LogP contribution in [0.5, 0.6) is 0 Å². The first-order valence-corrected chi connectivity index (χ1v) is 14.9. The van der Waals surface area contributed by atoms with Gasteiger partial charge in [0.05, 0.1) is 0 Å². The summed E-state index contributed by atoms with van der Waals surface area (Å²) in [4.78, 5) is 0. The van der Waals surface area contributed by atoms with Crippen molar-refractivity contribution in [1.29, 1.82) is 0 Å². The van der Waals surface area contributed by atoms with Crippen LogP contribution < -0.4 is 0 Å². The third-order valence-corrected chi connectivity index (χ3v) is 2.76. The molecule has 0 spiro atoms. The second-order valence-electron chi connectivity index (χ2n) is 3.14. The van der Waals surface area contributed by atoms with Gasteiger partial charge in [-0.1, -0.05) is 34.5 Å². The standard InChI is InChI=1S/C10H7BrCl.3ClH.Zr/c1-6-2-7-4-8(12)5-10(11)9(7)3-6;;;;/h2-5H,1H3;3*1H;/q-1;;;;+3/p-3. The second kappa shape index (κ2) is 7.07. The van der Waals surface area contributed by atoms with Crippen molar-refractivity contribution in [1.82, 2.24) is 0 Å². The van der Waals surface area contributed by atoms with Gasteiger partial charge in [0, 0.05) is 5.02 Å². The van der Waals surface area contributed by atoms with E-state index >= 15 is 0 Å². The summed E-state index contributed by atoms with van der Waals surface area (Å²) in [5, 5.41) is 3.21. The fourth-order valence-corrected chi connectivity index (χ4v) is 2.34. The van der Waals surface area contributed by atoms with E-state index in [1.807, 2.05) is 12.1 Å². The number of rotatable bonds is 0. The fourth-order valence-electron chi connectivity index (χ4n) is 1.39. The van der Waals surface area contributed by atoms with Gasteiger partial charge in [0.15, 0.2) is 0 Å². The zero-order valence-corrected chi connectivity index (χ0v) is 15.3. The van der Waals surface area contributed by atoms with E-state index in [1.54, 1.807) is 0 Å². The van der Waals surface area contributed by atoms with E-state index in [4.69, 9.17) is 37.1 Å². The maximum absolute atomic E-state index is 5.90. The number of aryl methyl sites for hydroxylation is 1. The predicted octanol–water partition coefficient (Wildman–Crippen LogP) is 6.35. The van der Waals surface area contributed by atoms with Crippen LogP contribution in [0.4, 0.5) is 0 Å². The Morgan fingerprint density at radius 3 is 2.31 bits per heavy atom. The Morgan fingerprint density at radius 2 is 1.75 bits per heavy atom. The molecule has 0 saturated heterocycles. The molecule has 0 nitrogen and oxygen atoms in total. The molecule has 0 aliphatic carbocycles. The van der Waals surface area contributed by atoms with E-state index in [0.29, 0.717) is 0 Å². The summed E-state index contributed by atoms with van der Waals surface area (Å²) in [6.07, 6.45) is 0. The van der Waals surface area contributed by atoms with Crippen LogP contribution in [0.1, 0.15) is 5.56 Å². The third-order valence-electron chi connectivity index (χ3n) is 1.88. The Hall–Kier alpha value is 1.35. The van der Waals surface area contributed by atoms with E-state index in [2.05, 4.69) is 35.0 Å². The van der Waals surface area contributed by atoms with Gasteiger partial charge >= 0.3 is 43.7 Å². The Kier molecular flexibility index (Phi) is 6.81. The van der Waals surface area contributed by atoms with Gasteiger partial charge < -0.3 is 0 Å². The van der Waals surface area contributed by atoms with Gasteiger partial charge in [-0.15, -0.1) is 28.5 Å². The Labute approximate surface area is 127 Å². The summed E-state index contributed by atoms with van der Waals surface area (Å²) < 4.78 is 1.07. The minimum atomic E-state index is -2.13. The molecule has 0 radical (unpaired) electrons. The van der Waals surface area contributed by atoms with Crippen molar-refractivity contribution in [2.24, 2.45) is 0 Å². The number of hydrogen-bond acceptors (Lipinski definition) is 0. The molecule has 0 heterocycles. The predicted molar refractivity (Wildman–Crippen MR) is 74.5 cm³/mol. The van der Waals surface area contributed by atoms with Crippen LogP contribution in [-0.4, -0.2) is 0 Å². The van der Waals surface area contributed by atoms with Crippen LogP contribution in [0.3, 0.4) is 0 Å². The molecule has 16 heavy (non-hydrogen) atoms. The van der Waals surface area contributed by atoms with Gasteiger partial charge in [0.1, 0.15) is 0 Å². The van der Waals surface area contributed by atoms with Gasteiger partial charge in [-0.05, 0) is 10.5 Å². The van der Waals surface area contributed by atoms with E-state index in [9.17, 15) is 0 Å². The van der Waals surface area contributed by atoms with Crippen molar-refractivity contribution in [2.45, 2.75) is 6.92 Å². The van der Waals surface area contributed by atoms with Crippen LogP contribution in [0.25, 0.3) is 10.8 Å². The molecule has 0 aliphatic rings. The van der Waals surface area contributed by atoms with Gasteiger partial charge in [-0.2, -0.15) is 6.07 Å². The summed E-state index contributed by atoms with van der Waals surface area (Å²) >= 11 is 7.25. The van der Waals surface area contributed by atoms with Crippen LogP contribution in [0.15, 0.2) is 28.7 Å². The first-order chi connectivity index (χ1) is 7.40. The topological polar surface area (TPSA) is 0 Å². The molecule has 0 aliphatic heterocycles. The van der Waals surface area contributed by atoms with E-state index in [0.717, 1.165) is 9.50 Å². The normalized spacial score (nSPS) is 9.88. The summed E-state index contributed by atoms with van der Waals surface area (Å²) in [7, 11) is 15.0. The minimum absolute atomic E-state index is 0.778. The van der Waals surface area contributed by atoms with Crippen molar-refractivity contribution in [3.8, 4) is 0 Å². The number of fused-ring (bicyclic) bond motifs is 1. The molecule has 0 amide bonds. The summed E-state index contributed by atoms with van der Waals surface area (Å²) in [6, 6.07) is 8.18. The molecule has 2 aromatic rings. The molecule has 0 fully saturated rings. The van der Waals surface area contributed by atoms with E-state index < -0.39 is 18.2 Å². The summed E-state index contributed by atoms with van der Waals surface area (Å²) in [5.41, 5.74) is 1.27. The number of benzene rings is 1. The Morgan fingerprint density at radius 1 is 1.19 bits per heavy atom. The monoisotopic (exact) mass is 436 g/mol. The number of halogens is 5. The molecular formula is C10H7BrCl4Zr-. The van der Waals surface area contributed by atoms with Crippen LogP contribution in [0, 0.1) is 6.92 Å². The van der Waals surface area contributed by atoms with Crippen molar-refractivity contribution in [3.05, 3.63) is 39.3 Å². The Balaban J connectivity index is 0.000000280. The quantitative estimate of drug-likeness (QED) is 0.419. The van der Waals surface area contributed by atoms with Gasteiger partial charge in [-0.25, -0.2) is 0 Å². The average Bonchev–Trinajstić information content (AvgIpc) is 2.44. The molecular weight excluding hydrogens is 433 g/mol. The summed E-state index contributed by atoms with van der Waals surface area (Å²) in [6.45, 7) is 2.08. The summed E-state index contributed by atoms with van der Waals surface area (Å²) in [5.74, 6) is 0. The second-order valence-corrected chi connectivity index (χ2v) is 15.6. The first kappa shape index (κ1) is 15.4. The SMILES string of the molecule is Cc1cc2c(Br)cc(Cl)cc2[cH-]1.[Cl][Zr]([Cl])[Cl]. The molecule has 0 unspecified atom stereocenters. The first-order valence-electron chi connectivity index (χ1n) is 4.25. The van der Waals surface area contributed by atoms with Crippen molar-refractivity contribution in [3.63, 3.8) is 0 Å². The van der Waals surface area contributed by atoms with Gasteiger partial charge in [0.2, 0.25) is 0 Å². The molecule has 0 atom stereocenters. The van der Waals surface area contributed by atoms with E-state index in [-0.39, 0.29) is 0 Å². The van der Waals surface area contributed by atoms with Crippen molar-refractivity contribution >= 4 is 63.8 Å². The molecule has 2 aromatic carbocycles. The molecule has 2 rings (SSSR count). The van der Waals surface area contributed by atoms with E-state index in [1.165, 1.54) is 16.3 Å². The molecule has 87 valence electrons. The van der Waals surface area contributed by atoms with Crippen LogP contribution >= 0.6 is 53.1 Å². The van der Waals surface area contributed by atoms with Gasteiger partial charge in [-0.3, -0.25) is 0 Å². The van der Waals surface area contributed by atoms with Crippen LogP contribution in [-0.2, 0) is 18.2 Å². The fraction of sp³-hybridized carbons (Fsp3) is 0.100. The molecule has 6 heteroatoms. The third kappa shape index (κ3) is 4.92. The zero-order chi connectivity index (χ0) is 12.3. The molecule has 0 aromatic heterocycles. The molecule has 0 N–H and O–H groups in total. The van der Waals surface area contributed by atoms with Crippen molar-refractivity contribution in [2.75, 3.05) is 0 Å². The van der Waals surface area contributed by atoms with Gasteiger partial charge in [0.25, 0.3) is 0 Å². The van der Waals surface area contributed by atoms with Crippen molar-refractivity contribution < 1.29 is 18.2 Å². The zero-order valence-electron chi connectivity index (χ0n) is 8.20. The Bertz CT molecular complexity index is 478.